The van der Waals surface area contributed by atoms with Gasteiger partial charge in [-0.1, -0.05) is 33.8 Å². The van der Waals surface area contributed by atoms with Gasteiger partial charge < -0.3 is 9.64 Å². The molecule has 0 bridgehead atoms. The number of ether oxygens (including phenoxy) is 1. The Bertz CT molecular complexity index is 836. The maximum atomic E-state index is 6.15. The highest BCUT2D eigenvalue weighted by molar-refractivity contribution is 7.10. The van der Waals surface area contributed by atoms with Crippen LogP contribution < -0.4 is 9.64 Å². The van der Waals surface area contributed by atoms with Crippen LogP contribution in [-0.4, -0.2) is 16.7 Å². The van der Waals surface area contributed by atoms with Crippen molar-refractivity contribution in [2.75, 3.05) is 12.0 Å². The predicted molar refractivity (Wildman–Crippen MR) is 99.9 cm³/mol. The molecule has 0 saturated heterocycles. The van der Waals surface area contributed by atoms with Crippen molar-refractivity contribution in [3.63, 3.8) is 0 Å². The second-order valence-corrected chi connectivity index (χ2v) is 6.74. The lowest BCUT2D eigenvalue weighted by Crippen LogP contribution is -2.16. The molecule has 24 heavy (non-hydrogen) atoms. The fourth-order valence-electron chi connectivity index (χ4n) is 2.34. The molecular weight excluding hydrogens is 365 g/mol. The number of anilines is 2. The molecule has 0 radical (unpaired) electrons. The molecular formula is C17H15Cl2N3OS. The van der Waals surface area contributed by atoms with E-state index in [4.69, 9.17) is 27.9 Å². The lowest BCUT2D eigenvalue weighted by atomic mass is 10.2. The third kappa shape index (κ3) is 3.64. The Hall–Kier alpha value is -1.82. The number of methoxy groups -OCH3 is 1. The van der Waals surface area contributed by atoms with E-state index in [0.717, 1.165) is 27.7 Å². The molecule has 0 aliphatic rings. The van der Waals surface area contributed by atoms with Crippen molar-refractivity contribution >= 4 is 45.4 Å². The molecule has 4 nitrogen and oxygen atoms in total. The molecule has 0 saturated carbocycles. The van der Waals surface area contributed by atoms with Gasteiger partial charge in [-0.05, 0) is 48.9 Å². The van der Waals surface area contributed by atoms with Gasteiger partial charge >= 0.3 is 0 Å². The number of hydrogen-bond donors (Lipinski definition) is 0. The molecule has 0 atom stereocenters. The van der Waals surface area contributed by atoms with Gasteiger partial charge in [0.15, 0.2) is 0 Å². The van der Waals surface area contributed by atoms with Gasteiger partial charge in [-0.25, -0.2) is 0 Å². The van der Waals surface area contributed by atoms with Crippen LogP contribution in [0, 0.1) is 6.92 Å². The standard InChI is InChI=1S/C17H15Cl2N3OS/c1-11-17(24-21-20-11)22(13-4-6-14(23-2)7-5-13)10-12-3-8-15(18)16(19)9-12/h3-9H,10H2,1-2H3. The maximum Gasteiger partial charge on any atom is 0.140 e. The third-order valence-corrected chi connectivity index (χ3v) is 5.17. The van der Waals surface area contributed by atoms with E-state index in [1.807, 2.05) is 49.4 Å². The van der Waals surface area contributed by atoms with Gasteiger partial charge in [0.2, 0.25) is 0 Å². The van der Waals surface area contributed by atoms with E-state index in [2.05, 4.69) is 14.5 Å². The minimum absolute atomic E-state index is 0.544. The van der Waals surface area contributed by atoms with Crippen molar-refractivity contribution in [1.29, 1.82) is 0 Å². The van der Waals surface area contributed by atoms with Crippen LogP contribution >= 0.6 is 34.7 Å². The summed E-state index contributed by atoms with van der Waals surface area (Å²) in [5.74, 6) is 0.812. The van der Waals surface area contributed by atoms with Crippen LogP contribution in [0.25, 0.3) is 0 Å². The van der Waals surface area contributed by atoms with Crippen molar-refractivity contribution in [2.24, 2.45) is 0 Å². The third-order valence-electron chi connectivity index (χ3n) is 3.58. The first kappa shape index (κ1) is 17.0. The summed E-state index contributed by atoms with van der Waals surface area (Å²) in [5.41, 5.74) is 2.96. The van der Waals surface area contributed by atoms with E-state index in [1.54, 1.807) is 7.11 Å². The number of benzene rings is 2. The van der Waals surface area contributed by atoms with Crippen molar-refractivity contribution in [1.82, 2.24) is 9.59 Å². The van der Waals surface area contributed by atoms with Crippen molar-refractivity contribution in [3.8, 4) is 5.75 Å². The second-order valence-electron chi connectivity index (χ2n) is 5.20. The minimum atomic E-state index is 0.544. The topological polar surface area (TPSA) is 38.2 Å². The van der Waals surface area contributed by atoms with Crippen LogP contribution in [-0.2, 0) is 6.54 Å². The fourth-order valence-corrected chi connectivity index (χ4v) is 3.34. The fraction of sp³-hybridized carbons (Fsp3) is 0.176. The quantitative estimate of drug-likeness (QED) is 0.586. The number of nitrogens with zero attached hydrogens (tertiary/aromatic N) is 3. The monoisotopic (exact) mass is 379 g/mol. The summed E-state index contributed by atoms with van der Waals surface area (Å²) in [6.07, 6.45) is 0. The zero-order valence-corrected chi connectivity index (χ0v) is 15.5. The summed E-state index contributed by atoms with van der Waals surface area (Å²) in [6, 6.07) is 13.5. The summed E-state index contributed by atoms with van der Waals surface area (Å²) < 4.78 is 9.29. The zero-order chi connectivity index (χ0) is 17.1. The highest BCUT2D eigenvalue weighted by Gasteiger charge is 2.16. The molecule has 0 spiro atoms. The number of halogens is 2. The molecule has 3 aromatic rings. The van der Waals surface area contributed by atoms with Crippen LogP contribution in [0.5, 0.6) is 5.75 Å². The smallest absolute Gasteiger partial charge is 0.140 e. The van der Waals surface area contributed by atoms with E-state index in [1.165, 1.54) is 11.5 Å². The SMILES string of the molecule is COc1ccc(N(Cc2ccc(Cl)c(Cl)c2)c2snnc2C)cc1. The van der Waals surface area contributed by atoms with Crippen molar-refractivity contribution < 1.29 is 4.74 Å². The molecule has 0 aliphatic carbocycles. The largest absolute Gasteiger partial charge is 0.497 e. The Kier molecular flexibility index (Phi) is 5.23. The van der Waals surface area contributed by atoms with Gasteiger partial charge in [-0.2, -0.15) is 0 Å². The molecule has 124 valence electrons. The van der Waals surface area contributed by atoms with Crippen LogP contribution in [0.3, 0.4) is 0 Å². The van der Waals surface area contributed by atoms with Gasteiger partial charge in [0.05, 0.1) is 22.8 Å². The molecule has 0 unspecified atom stereocenters. The molecule has 7 heteroatoms. The number of aryl methyl sites for hydroxylation is 1. The highest BCUT2D eigenvalue weighted by Crippen LogP contribution is 2.34. The van der Waals surface area contributed by atoms with E-state index in [9.17, 15) is 0 Å². The Morgan fingerprint density at radius 3 is 2.42 bits per heavy atom. The van der Waals surface area contributed by atoms with Gasteiger partial charge in [0.25, 0.3) is 0 Å². The van der Waals surface area contributed by atoms with Crippen LogP contribution in [0.2, 0.25) is 10.0 Å². The van der Waals surface area contributed by atoms with Crippen LogP contribution in [0.15, 0.2) is 42.5 Å². The van der Waals surface area contributed by atoms with E-state index >= 15 is 0 Å². The highest BCUT2D eigenvalue weighted by atomic mass is 35.5. The summed E-state index contributed by atoms with van der Waals surface area (Å²) in [4.78, 5) is 2.15. The van der Waals surface area contributed by atoms with Crippen molar-refractivity contribution in [3.05, 3.63) is 63.8 Å². The average molecular weight is 380 g/mol. The molecule has 2 aromatic carbocycles. The Labute approximate surface area is 154 Å². The van der Waals surface area contributed by atoms with Gasteiger partial charge in [-0.15, -0.1) is 5.10 Å². The summed E-state index contributed by atoms with van der Waals surface area (Å²) in [7, 11) is 1.65. The molecule has 3 rings (SSSR count). The Morgan fingerprint density at radius 1 is 1.08 bits per heavy atom. The van der Waals surface area contributed by atoms with Gasteiger partial charge in [0, 0.05) is 23.8 Å². The zero-order valence-electron chi connectivity index (χ0n) is 13.2. The lowest BCUT2D eigenvalue weighted by molar-refractivity contribution is 0.415. The van der Waals surface area contributed by atoms with Gasteiger partial charge in [0.1, 0.15) is 10.8 Å². The molecule has 0 amide bonds. The second kappa shape index (κ2) is 7.38. The van der Waals surface area contributed by atoms with Crippen molar-refractivity contribution in [2.45, 2.75) is 13.5 Å². The Morgan fingerprint density at radius 2 is 1.83 bits per heavy atom. The molecule has 0 fully saturated rings. The molecule has 1 heterocycles. The first-order valence-corrected chi connectivity index (χ1v) is 8.76. The number of rotatable bonds is 5. The Balaban J connectivity index is 1.98. The van der Waals surface area contributed by atoms with Gasteiger partial charge in [-0.3, -0.25) is 0 Å². The van der Waals surface area contributed by atoms with E-state index in [-0.39, 0.29) is 0 Å². The first-order chi connectivity index (χ1) is 11.6. The maximum absolute atomic E-state index is 6.15. The average Bonchev–Trinajstić information content (AvgIpc) is 3.02. The van der Waals surface area contributed by atoms with E-state index in [0.29, 0.717) is 16.6 Å². The first-order valence-electron chi connectivity index (χ1n) is 7.23. The van der Waals surface area contributed by atoms with Crippen LogP contribution in [0.1, 0.15) is 11.3 Å². The molecule has 0 aliphatic heterocycles. The minimum Gasteiger partial charge on any atom is -0.497 e. The summed E-state index contributed by atoms with van der Waals surface area (Å²) in [5, 5.41) is 6.21. The normalized spacial score (nSPS) is 10.7. The summed E-state index contributed by atoms with van der Waals surface area (Å²) in [6.45, 7) is 2.58. The number of hydrogen-bond acceptors (Lipinski definition) is 5. The lowest BCUT2D eigenvalue weighted by Gasteiger charge is -2.23. The number of aromatic nitrogens is 2. The molecule has 0 N–H and O–H groups in total. The molecule has 1 aromatic heterocycles. The summed E-state index contributed by atoms with van der Waals surface area (Å²) >= 11 is 13.5. The predicted octanol–water partition coefficient (Wildman–Crippen LogP) is 5.50. The van der Waals surface area contributed by atoms with Crippen LogP contribution in [0.4, 0.5) is 10.7 Å². The van der Waals surface area contributed by atoms with E-state index < -0.39 is 0 Å².